The quantitative estimate of drug-likeness (QED) is 0.0988. The number of thiophene rings is 1. The van der Waals surface area contributed by atoms with E-state index in [0.29, 0.717) is 15.4 Å². The number of non-ortho nitro benzene ring substituents is 1. The molecule has 11 nitrogen and oxygen atoms in total. The number of esters is 2. The number of ether oxygens (including phenoxy) is 2. The van der Waals surface area contributed by atoms with E-state index in [4.69, 9.17) is 9.47 Å². The molecule has 3 rings (SSSR count). The highest BCUT2D eigenvalue weighted by Gasteiger charge is 2.41. The Morgan fingerprint density at radius 2 is 1.94 bits per heavy atom. The molecular weight excluding hydrogens is 510 g/mol. The molecule has 3 unspecified atom stereocenters. The number of thiol groups is 1. The molecule has 0 bridgehead atoms. The molecule has 1 amide bonds. The van der Waals surface area contributed by atoms with Gasteiger partial charge in [0.15, 0.2) is 5.12 Å². The first kappa shape index (κ1) is 27.0. The summed E-state index contributed by atoms with van der Waals surface area (Å²) >= 11 is 4.90. The fraction of sp³-hybridized carbons (Fsp3) is 0.304. The van der Waals surface area contributed by atoms with Crippen LogP contribution in [0.1, 0.15) is 21.7 Å². The van der Waals surface area contributed by atoms with Crippen molar-refractivity contribution in [2.75, 3.05) is 18.5 Å². The van der Waals surface area contributed by atoms with Crippen molar-refractivity contribution in [1.82, 2.24) is 5.32 Å². The lowest BCUT2D eigenvalue weighted by atomic mass is 9.90. The third-order valence-corrected chi connectivity index (χ3v) is 6.65. The lowest BCUT2D eigenvalue weighted by Gasteiger charge is -2.18. The van der Waals surface area contributed by atoms with Crippen LogP contribution in [0, 0.1) is 22.0 Å². The zero-order chi connectivity index (χ0) is 26.2. The van der Waals surface area contributed by atoms with Crippen molar-refractivity contribution in [3.05, 3.63) is 69.6 Å². The SMILES string of the molecule is C=CCOC(=O)c1ccc(NC(=O)C2CC(C(C(=O)S)C(=O)OCc3ccc([N+](=O)[O-])cc3)CN2)s1. The van der Waals surface area contributed by atoms with Crippen molar-refractivity contribution in [3.63, 3.8) is 0 Å². The summed E-state index contributed by atoms with van der Waals surface area (Å²) in [6.07, 6.45) is 1.64. The van der Waals surface area contributed by atoms with Gasteiger partial charge in [-0.15, -0.1) is 24.0 Å². The number of anilines is 1. The molecule has 0 spiro atoms. The Labute approximate surface area is 215 Å². The lowest BCUT2D eigenvalue weighted by Crippen LogP contribution is -2.35. The van der Waals surface area contributed by atoms with Gasteiger partial charge >= 0.3 is 11.9 Å². The Balaban J connectivity index is 1.55. The second-order valence-corrected chi connectivity index (χ2v) is 9.37. The van der Waals surface area contributed by atoms with Gasteiger partial charge in [0.2, 0.25) is 5.91 Å². The second kappa shape index (κ2) is 12.4. The Morgan fingerprint density at radius 3 is 2.58 bits per heavy atom. The summed E-state index contributed by atoms with van der Waals surface area (Å²) in [5, 5.41) is 16.2. The number of nitro groups is 1. The number of rotatable bonds is 11. The molecule has 2 N–H and O–H groups in total. The van der Waals surface area contributed by atoms with Gasteiger partial charge in [-0.05, 0) is 42.2 Å². The molecule has 13 heteroatoms. The van der Waals surface area contributed by atoms with Crippen LogP contribution in [0.2, 0.25) is 0 Å². The minimum Gasteiger partial charge on any atom is -0.460 e. The summed E-state index contributed by atoms with van der Waals surface area (Å²) in [6.45, 7) is 3.59. The van der Waals surface area contributed by atoms with Crippen LogP contribution < -0.4 is 10.6 Å². The van der Waals surface area contributed by atoms with Crippen molar-refractivity contribution in [1.29, 1.82) is 0 Å². The number of nitro benzene ring substituents is 1. The molecule has 1 fully saturated rings. The highest BCUT2D eigenvalue weighted by molar-refractivity contribution is 7.96. The predicted octanol–water partition coefficient (Wildman–Crippen LogP) is 2.73. The fourth-order valence-electron chi connectivity index (χ4n) is 3.60. The summed E-state index contributed by atoms with van der Waals surface area (Å²) in [7, 11) is 0. The molecule has 1 saturated heterocycles. The number of amides is 1. The van der Waals surface area contributed by atoms with E-state index in [2.05, 4.69) is 29.8 Å². The van der Waals surface area contributed by atoms with E-state index >= 15 is 0 Å². The van der Waals surface area contributed by atoms with Gasteiger partial charge in [0.25, 0.3) is 5.69 Å². The van der Waals surface area contributed by atoms with Crippen LogP contribution >= 0.6 is 24.0 Å². The number of nitrogens with one attached hydrogen (secondary N) is 2. The Bertz CT molecular complexity index is 1160. The minimum atomic E-state index is -1.19. The van der Waals surface area contributed by atoms with Crippen molar-refractivity contribution in [2.45, 2.75) is 19.1 Å². The van der Waals surface area contributed by atoms with Crippen LogP contribution in [0.15, 0.2) is 49.1 Å². The Hall–Kier alpha value is -3.55. The first-order valence-corrected chi connectivity index (χ1v) is 12.0. The minimum absolute atomic E-state index is 0.0765. The molecule has 2 aromatic rings. The zero-order valence-electron chi connectivity index (χ0n) is 18.9. The number of nitrogens with zero attached hydrogens (tertiary/aromatic N) is 1. The zero-order valence-corrected chi connectivity index (χ0v) is 20.6. The van der Waals surface area contributed by atoms with E-state index in [1.807, 2.05) is 0 Å². The average Bonchev–Trinajstić information content (AvgIpc) is 3.51. The molecule has 36 heavy (non-hydrogen) atoms. The van der Waals surface area contributed by atoms with Gasteiger partial charge in [-0.25, -0.2) is 4.79 Å². The van der Waals surface area contributed by atoms with Crippen molar-refractivity contribution >= 4 is 57.6 Å². The Morgan fingerprint density at radius 1 is 1.22 bits per heavy atom. The maximum absolute atomic E-state index is 12.7. The first-order valence-electron chi connectivity index (χ1n) is 10.7. The van der Waals surface area contributed by atoms with Gasteiger partial charge in [-0.1, -0.05) is 12.7 Å². The smallest absolute Gasteiger partial charge is 0.348 e. The molecule has 1 aromatic heterocycles. The van der Waals surface area contributed by atoms with E-state index in [1.165, 1.54) is 36.4 Å². The third kappa shape index (κ3) is 6.99. The van der Waals surface area contributed by atoms with E-state index in [0.717, 1.165) is 11.3 Å². The number of benzene rings is 1. The van der Waals surface area contributed by atoms with E-state index in [9.17, 15) is 29.3 Å². The number of carbonyl (C=O) groups is 4. The number of hydrogen-bond acceptors (Lipinski definition) is 10. The van der Waals surface area contributed by atoms with Gasteiger partial charge in [-0.2, -0.15) is 0 Å². The predicted molar refractivity (Wildman–Crippen MR) is 134 cm³/mol. The van der Waals surface area contributed by atoms with Crippen molar-refractivity contribution in [3.8, 4) is 0 Å². The molecule has 0 aliphatic carbocycles. The standard InChI is InChI=1S/C23H23N3O8S2/c1-2-9-33-21(28)17-7-8-18(36-17)25-20(27)16-10-14(11-24-16)19(23(30)35)22(29)34-12-13-3-5-15(6-4-13)26(31)32/h2-8,14,16,19,24H,1,9-12H2,(H,25,27)(H,30,35). The molecule has 1 aliphatic heterocycles. The van der Waals surface area contributed by atoms with Gasteiger partial charge in [-0.3, -0.25) is 24.5 Å². The van der Waals surface area contributed by atoms with Crippen molar-refractivity contribution < 1.29 is 33.6 Å². The third-order valence-electron chi connectivity index (χ3n) is 5.39. The first-order chi connectivity index (χ1) is 17.2. The van der Waals surface area contributed by atoms with Crippen LogP contribution in [-0.2, 0) is 30.5 Å². The van der Waals surface area contributed by atoms with Crippen LogP contribution in [0.4, 0.5) is 10.7 Å². The molecular formula is C23H23N3O8S2. The van der Waals surface area contributed by atoms with Gasteiger partial charge in [0.05, 0.1) is 16.0 Å². The summed E-state index contributed by atoms with van der Waals surface area (Å²) in [5.41, 5.74) is 0.422. The highest BCUT2D eigenvalue weighted by Crippen LogP contribution is 2.28. The summed E-state index contributed by atoms with van der Waals surface area (Å²) in [4.78, 5) is 59.9. The second-order valence-electron chi connectivity index (χ2n) is 7.84. The average molecular weight is 534 g/mol. The van der Waals surface area contributed by atoms with Crippen LogP contribution in [-0.4, -0.2) is 47.1 Å². The van der Waals surface area contributed by atoms with Crippen LogP contribution in [0.5, 0.6) is 0 Å². The topological polar surface area (TPSA) is 154 Å². The molecule has 2 heterocycles. The lowest BCUT2D eigenvalue weighted by molar-refractivity contribution is -0.384. The highest BCUT2D eigenvalue weighted by atomic mass is 32.1. The maximum Gasteiger partial charge on any atom is 0.348 e. The normalized spacial score (nSPS) is 17.6. The van der Waals surface area contributed by atoms with E-state index in [1.54, 1.807) is 6.07 Å². The number of hydrogen-bond donors (Lipinski definition) is 3. The molecule has 0 radical (unpaired) electrons. The van der Waals surface area contributed by atoms with Gasteiger partial charge < -0.3 is 20.1 Å². The summed E-state index contributed by atoms with van der Waals surface area (Å²) < 4.78 is 10.2. The molecule has 1 aliphatic rings. The van der Waals surface area contributed by atoms with E-state index < -0.39 is 39.9 Å². The largest absolute Gasteiger partial charge is 0.460 e. The van der Waals surface area contributed by atoms with Crippen molar-refractivity contribution in [2.24, 2.45) is 11.8 Å². The van der Waals surface area contributed by atoms with Gasteiger partial charge in [0.1, 0.15) is 24.0 Å². The monoisotopic (exact) mass is 533 g/mol. The molecule has 3 atom stereocenters. The molecule has 0 saturated carbocycles. The van der Waals surface area contributed by atoms with Crippen LogP contribution in [0.25, 0.3) is 0 Å². The van der Waals surface area contributed by atoms with Gasteiger partial charge in [0, 0.05) is 18.7 Å². The fourth-order valence-corrected chi connectivity index (χ4v) is 4.72. The maximum atomic E-state index is 12.7. The molecule has 1 aromatic carbocycles. The summed E-state index contributed by atoms with van der Waals surface area (Å²) in [5.74, 6) is -3.41. The molecule has 190 valence electrons. The number of carbonyl (C=O) groups excluding carboxylic acids is 4. The van der Waals surface area contributed by atoms with E-state index in [-0.39, 0.29) is 37.8 Å². The Kier molecular flexibility index (Phi) is 9.33. The van der Waals surface area contributed by atoms with Crippen LogP contribution in [0.3, 0.4) is 0 Å². The summed E-state index contributed by atoms with van der Waals surface area (Å²) in [6, 6.07) is 7.92.